The van der Waals surface area contributed by atoms with Gasteiger partial charge in [0.25, 0.3) is 5.91 Å². The van der Waals surface area contributed by atoms with Gasteiger partial charge in [0.05, 0.1) is 5.56 Å². The number of anilines is 1. The molecule has 0 heterocycles. The Kier molecular flexibility index (Phi) is 8.18. The lowest BCUT2D eigenvalue weighted by Crippen LogP contribution is -2.32. The average Bonchev–Trinajstić information content (AvgIpc) is 2.93. The highest BCUT2D eigenvalue weighted by Crippen LogP contribution is 2.23. The van der Waals surface area contributed by atoms with Crippen molar-refractivity contribution in [1.82, 2.24) is 4.90 Å². The zero-order valence-corrected chi connectivity index (χ0v) is 20.9. The Bertz CT molecular complexity index is 1430. The van der Waals surface area contributed by atoms with E-state index in [1.54, 1.807) is 42.3 Å². The maximum atomic E-state index is 12.7. The van der Waals surface area contributed by atoms with Crippen LogP contribution in [0.2, 0.25) is 0 Å². The molecule has 0 aliphatic carbocycles. The van der Waals surface area contributed by atoms with E-state index in [4.69, 9.17) is 0 Å². The molecule has 1 unspecified atom stereocenters. The van der Waals surface area contributed by atoms with Gasteiger partial charge in [0.15, 0.2) is 0 Å². The molecule has 4 aromatic rings. The third-order valence-electron chi connectivity index (χ3n) is 6.23. The average molecular weight is 509 g/mol. The summed E-state index contributed by atoms with van der Waals surface area (Å²) in [6.45, 7) is 0.462. The molecule has 7 heteroatoms. The van der Waals surface area contributed by atoms with Crippen molar-refractivity contribution in [2.45, 2.75) is 19.0 Å². The van der Waals surface area contributed by atoms with Gasteiger partial charge < -0.3 is 20.4 Å². The summed E-state index contributed by atoms with van der Waals surface area (Å²) in [6, 6.07) is 29.9. The molecule has 4 rings (SSSR count). The second-order valence-electron chi connectivity index (χ2n) is 9.01. The van der Waals surface area contributed by atoms with Crippen molar-refractivity contribution in [2.24, 2.45) is 0 Å². The predicted molar refractivity (Wildman–Crippen MR) is 146 cm³/mol. The minimum Gasteiger partial charge on any atom is -0.480 e. The number of nitrogens with zero attached hydrogens (tertiary/aromatic N) is 1. The Morgan fingerprint density at radius 3 is 2.13 bits per heavy atom. The molecular formula is C31H28N2O5. The summed E-state index contributed by atoms with van der Waals surface area (Å²) in [6.07, 6.45) is 0.177. The van der Waals surface area contributed by atoms with E-state index in [2.05, 4.69) is 5.32 Å². The molecule has 38 heavy (non-hydrogen) atoms. The molecule has 7 nitrogen and oxygen atoms in total. The quantitative estimate of drug-likeness (QED) is 0.264. The molecule has 0 saturated heterocycles. The van der Waals surface area contributed by atoms with Gasteiger partial charge in [-0.05, 0) is 52.6 Å². The number of amides is 1. The van der Waals surface area contributed by atoms with Gasteiger partial charge in [-0.2, -0.15) is 0 Å². The van der Waals surface area contributed by atoms with Crippen molar-refractivity contribution in [3.05, 3.63) is 125 Å². The summed E-state index contributed by atoms with van der Waals surface area (Å²) in [5, 5.41) is 22.0. The monoisotopic (exact) mass is 508 g/mol. The fourth-order valence-corrected chi connectivity index (χ4v) is 4.25. The molecule has 0 aliphatic rings. The first-order chi connectivity index (χ1) is 18.3. The van der Waals surface area contributed by atoms with Crippen LogP contribution >= 0.6 is 0 Å². The Labute approximate surface area is 221 Å². The zero-order chi connectivity index (χ0) is 27.1. The summed E-state index contributed by atoms with van der Waals surface area (Å²) < 4.78 is 0. The molecule has 4 aromatic carbocycles. The number of hydrogen-bond acceptors (Lipinski definition) is 4. The Hall–Kier alpha value is -4.91. The number of para-hydroxylation sites is 1. The molecule has 1 atom stereocenters. The van der Waals surface area contributed by atoms with E-state index >= 15 is 0 Å². The van der Waals surface area contributed by atoms with Crippen LogP contribution in [0.25, 0.3) is 11.1 Å². The SMILES string of the molecule is CN(Cc1cccc(-c2ccc(CC(Nc3ccccc3C(=O)O)C(=O)O)cc2)c1)C(=O)c1ccccc1. The third kappa shape index (κ3) is 6.44. The maximum absolute atomic E-state index is 12.7. The lowest BCUT2D eigenvalue weighted by Gasteiger charge is -2.18. The van der Waals surface area contributed by atoms with Gasteiger partial charge in [-0.25, -0.2) is 9.59 Å². The lowest BCUT2D eigenvalue weighted by atomic mass is 9.99. The van der Waals surface area contributed by atoms with Crippen LogP contribution in [0, 0.1) is 0 Å². The highest BCUT2D eigenvalue weighted by atomic mass is 16.4. The van der Waals surface area contributed by atoms with Crippen LogP contribution in [-0.4, -0.2) is 46.0 Å². The highest BCUT2D eigenvalue weighted by Gasteiger charge is 2.20. The molecule has 0 bridgehead atoms. The minimum atomic E-state index is -1.13. The largest absolute Gasteiger partial charge is 0.480 e. The number of carbonyl (C=O) groups excluding carboxylic acids is 1. The van der Waals surface area contributed by atoms with E-state index < -0.39 is 18.0 Å². The molecule has 3 N–H and O–H groups in total. The van der Waals surface area contributed by atoms with E-state index in [9.17, 15) is 24.6 Å². The number of nitrogens with one attached hydrogen (secondary N) is 1. The van der Waals surface area contributed by atoms with Crippen LogP contribution in [0.15, 0.2) is 103 Å². The van der Waals surface area contributed by atoms with Gasteiger partial charge in [0, 0.05) is 31.3 Å². The highest BCUT2D eigenvalue weighted by molar-refractivity contribution is 5.95. The van der Waals surface area contributed by atoms with Gasteiger partial charge in [-0.1, -0.05) is 72.8 Å². The number of rotatable bonds is 10. The summed E-state index contributed by atoms with van der Waals surface area (Å²) in [5.74, 6) is -2.25. The maximum Gasteiger partial charge on any atom is 0.337 e. The third-order valence-corrected chi connectivity index (χ3v) is 6.23. The van der Waals surface area contributed by atoms with E-state index in [1.807, 2.05) is 66.7 Å². The molecule has 0 spiro atoms. The predicted octanol–water partition coefficient (Wildman–Crippen LogP) is 5.43. The summed E-state index contributed by atoms with van der Waals surface area (Å²) in [4.78, 5) is 37.8. The Balaban J connectivity index is 1.45. The number of carboxylic acids is 2. The molecule has 1 amide bonds. The van der Waals surface area contributed by atoms with E-state index in [0.717, 1.165) is 22.3 Å². The standard InChI is InChI=1S/C31H28N2O5/c1-33(29(34)24-9-3-2-4-10-24)20-22-8-7-11-25(18-22)23-16-14-21(15-17-23)19-28(31(37)38)32-27-13-6-5-12-26(27)30(35)36/h2-18,28,32H,19-20H2,1H3,(H,35,36)(H,37,38). The second kappa shape index (κ2) is 11.9. The molecule has 0 radical (unpaired) electrons. The van der Waals surface area contributed by atoms with Crippen LogP contribution in [0.3, 0.4) is 0 Å². The van der Waals surface area contributed by atoms with Crippen LogP contribution in [0.1, 0.15) is 31.8 Å². The molecule has 0 fully saturated rings. The van der Waals surface area contributed by atoms with Gasteiger partial charge >= 0.3 is 11.9 Å². The molecule has 192 valence electrons. The van der Waals surface area contributed by atoms with Crippen molar-refractivity contribution in [3.63, 3.8) is 0 Å². The summed E-state index contributed by atoms with van der Waals surface area (Å²) >= 11 is 0. The summed E-state index contributed by atoms with van der Waals surface area (Å²) in [5.41, 5.74) is 4.65. The first-order valence-electron chi connectivity index (χ1n) is 12.1. The van der Waals surface area contributed by atoms with E-state index in [0.29, 0.717) is 12.1 Å². The van der Waals surface area contributed by atoms with Crippen molar-refractivity contribution in [2.75, 3.05) is 12.4 Å². The Morgan fingerprint density at radius 2 is 1.45 bits per heavy atom. The Morgan fingerprint density at radius 1 is 0.763 bits per heavy atom. The second-order valence-corrected chi connectivity index (χ2v) is 9.01. The molecule has 0 saturated carbocycles. The van der Waals surface area contributed by atoms with Gasteiger partial charge in [0.2, 0.25) is 0 Å². The van der Waals surface area contributed by atoms with Crippen molar-refractivity contribution in [3.8, 4) is 11.1 Å². The number of hydrogen-bond donors (Lipinski definition) is 3. The van der Waals surface area contributed by atoms with Crippen molar-refractivity contribution in [1.29, 1.82) is 0 Å². The smallest absolute Gasteiger partial charge is 0.337 e. The van der Waals surface area contributed by atoms with Gasteiger partial charge in [0.1, 0.15) is 6.04 Å². The number of benzene rings is 4. The van der Waals surface area contributed by atoms with E-state index in [1.165, 1.54) is 6.07 Å². The lowest BCUT2D eigenvalue weighted by molar-refractivity contribution is -0.137. The van der Waals surface area contributed by atoms with Crippen molar-refractivity contribution >= 4 is 23.5 Å². The minimum absolute atomic E-state index is 0.0186. The number of carboxylic acid groups (broad SMARTS) is 2. The van der Waals surface area contributed by atoms with Crippen LogP contribution < -0.4 is 5.32 Å². The van der Waals surface area contributed by atoms with Gasteiger partial charge in [-0.15, -0.1) is 0 Å². The first-order valence-corrected chi connectivity index (χ1v) is 12.1. The normalized spacial score (nSPS) is 11.4. The number of aliphatic carboxylic acids is 1. The van der Waals surface area contributed by atoms with Crippen molar-refractivity contribution < 1.29 is 24.6 Å². The van der Waals surface area contributed by atoms with Crippen LogP contribution in [-0.2, 0) is 17.8 Å². The fraction of sp³-hybridized carbons (Fsp3) is 0.129. The van der Waals surface area contributed by atoms with Crippen LogP contribution in [0.4, 0.5) is 5.69 Å². The molecule has 0 aromatic heterocycles. The zero-order valence-electron chi connectivity index (χ0n) is 20.9. The molecular weight excluding hydrogens is 480 g/mol. The first kappa shape index (κ1) is 26.2. The van der Waals surface area contributed by atoms with E-state index in [-0.39, 0.29) is 23.6 Å². The fourth-order valence-electron chi connectivity index (χ4n) is 4.25. The summed E-state index contributed by atoms with van der Waals surface area (Å²) in [7, 11) is 1.78. The topological polar surface area (TPSA) is 107 Å². The number of carbonyl (C=O) groups is 3. The number of aromatic carboxylic acids is 1. The molecule has 0 aliphatic heterocycles. The van der Waals surface area contributed by atoms with Gasteiger partial charge in [-0.3, -0.25) is 4.79 Å². The van der Waals surface area contributed by atoms with Crippen LogP contribution in [0.5, 0.6) is 0 Å².